The average molecular weight is 499 g/mol. The number of hydrogen-bond acceptors (Lipinski definition) is 3. The van der Waals surface area contributed by atoms with Gasteiger partial charge in [-0.25, -0.2) is 13.5 Å². The van der Waals surface area contributed by atoms with Crippen LogP contribution < -0.4 is 0 Å². The number of halogens is 2. The van der Waals surface area contributed by atoms with Crippen LogP contribution in [0.1, 0.15) is 52.0 Å². The first-order chi connectivity index (χ1) is 18.0. The molecule has 0 radical (unpaired) electrons. The smallest absolute Gasteiger partial charge is 0.307 e. The summed E-state index contributed by atoms with van der Waals surface area (Å²) < 4.78 is 31.5. The van der Waals surface area contributed by atoms with E-state index in [1.165, 1.54) is 24.3 Å². The molecule has 0 saturated carbocycles. The molecule has 186 valence electrons. The predicted molar refractivity (Wildman–Crippen MR) is 134 cm³/mol. The summed E-state index contributed by atoms with van der Waals surface area (Å²) in [7, 11) is 0. The van der Waals surface area contributed by atoms with E-state index in [1.54, 1.807) is 30.5 Å². The van der Waals surface area contributed by atoms with Crippen molar-refractivity contribution in [2.45, 2.75) is 37.6 Å². The molecule has 3 heterocycles. The number of hydrogen-bond donors (Lipinski definition) is 1. The standard InChI is InChI=1S/C29H24F2N4O2/c30-20-8-4-18(5-9-20)29(19-6-10-21(31)11-7-19)27-17-32-33-35(27)22-12-13-23-24(16-28(36)37)25-3-1-2-14-34(25)26(23)15-22/h1-11,14,17,22,29H,12-13,15-16H2,(H,36,37)/t22-/m1/s1. The Morgan fingerprint density at radius 1 is 1.00 bits per heavy atom. The van der Waals surface area contributed by atoms with Gasteiger partial charge in [0, 0.05) is 23.8 Å². The Morgan fingerprint density at radius 3 is 2.32 bits per heavy atom. The zero-order chi connectivity index (χ0) is 25.5. The van der Waals surface area contributed by atoms with Crippen LogP contribution in [0.25, 0.3) is 5.52 Å². The number of carboxylic acids is 1. The van der Waals surface area contributed by atoms with Gasteiger partial charge in [0.2, 0.25) is 0 Å². The van der Waals surface area contributed by atoms with Crippen molar-refractivity contribution in [3.8, 4) is 0 Å². The Kier molecular flexibility index (Phi) is 5.79. The summed E-state index contributed by atoms with van der Waals surface area (Å²) in [5, 5.41) is 18.2. The van der Waals surface area contributed by atoms with Crippen LogP contribution in [0.4, 0.5) is 8.78 Å². The van der Waals surface area contributed by atoms with Crippen LogP contribution in [-0.2, 0) is 24.1 Å². The Morgan fingerprint density at radius 2 is 1.68 bits per heavy atom. The summed E-state index contributed by atoms with van der Waals surface area (Å²) in [5.74, 6) is -1.82. The quantitative estimate of drug-likeness (QED) is 0.343. The highest BCUT2D eigenvalue weighted by atomic mass is 19.1. The van der Waals surface area contributed by atoms with Crippen LogP contribution in [-0.4, -0.2) is 30.5 Å². The van der Waals surface area contributed by atoms with E-state index in [2.05, 4.69) is 14.7 Å². The van der Waals surface area contributed by atoms with E-state index < -0.39 is 5.97 Å². The Balaban J connectivity index is 1.43. The lowest BCUT2D eigenvalue weighted by atomic mass is 9.87. The summed E-state index contributed by atoms with van der Waals surface area (Å²) >= 11 is 0. The second kappa shape index (κ2) is 9.28. The molecule has 0 bridgehead atoms. The van der Waals surface area contributed by atoms with Crippen molar-refractivity contribution in [1.82, 2.24) is 19.4 Å². The molecule has 8 heteroatoms. The highest BCUT2D eigenvalue weighted by molar-refractivity contribution is 5.77. The van der Waals surface area contributed by atoms with Gasteiger partial charge in [0.15, 0.2) is 0 Å². The van der Waals surface area contributed by atoms with Crippen LogP contribution in [0.3, 0.4) is 0 Å². The first-order valence-electron chi connectivity index (χ1n) is 12.2. The minimum atomic E-state index is -0.846. The number of fused-ring (bicyclic) bond motifs is 3. The summed E-state index contributed by atoms with van der Waals surface area (Å²) in [6, 6.07) is 18.4. The van der Waals surface area contributed by atoms with Crippen molar-refractivity contribution in [3.63, 3.8) is 0 Å². The van der Waals surface area contributed by atoms with E-state index in [0.717, 1.165) is 52.0 Å². The Bertz CT molecular complexity index is 1540. The summed E-state index contributed by atoms with van der Waals surface area (Å²) in [4.78, 5) is 11.6. The third-order valence-corrected chi connectivity index (χ3v) is 7.31. The third kappa shape index (κ3) is 4.18. The van der Waals surface area contributed by atoms with Crippen molar-refractivity contribution in [1.29, 1.82) is 0 Å². The van der Waals surface area contributed by atoms with E-state index in [9.17, 15) is 18.7 Å². The number of nitrogens with zero attached hydrogens (tertiary/aromatic N) is 4. The molecule has 1 N–H and O–H groups in total. The molecule has 0 amide bonds. The lowest BCUT2D eigenvalue weighted by Crippen LogP contribution is -2.24. The van der Waals surface area contributed by atoms with Crippen LogP contribution in [0.2, 0.25) is 0 Å². The number of carbonyl (C=O) groups is 1. The Hall–Kier alpha value is -4.33. The van der Waals surface area contributed by atoms with Crippen LogP contribution >= 0.6 is 0 Å². The van der Waals surface area contributed by atoms with Gasteiger partial charge < -0.3 is 9.51 Å². The zero-order valence-electron chi connectivity index (χ0n) is 19.9. The molecule has 0 fully saturated rings. The molecule has 6 nitrogen and oxygen atoms in total. The molecule has 6 rings (SSSR count). The molecule has 0 aliphatic heterocycles. The lowest BCUT2D eigenvalue weighted by Gasteiger charge is -2.27. The summed E-state index contributed by atoms with van der Waals surface area (Å²) in [6.45, 7) is 0. The normalized spacial score (nSPS) is 15.3. The molecule has 0 unspecified atom stereocenters. The maximum atomic E-state index is 13.7. The highest BCUT2D eigenvalue weighted by Gasteiger charge is 2.31. The largest absolute Gasteiger partial charge is 0.481 e. The molecular weight excluding hydrogens is 474 g/mol. The minimum absolute atomic E-state index is 0.00983. The van der Waals surface area contributed by atoms with E-state index in [-0.39, 0.29) is 30.0 Å². The topological polar surface area (TPSA) is 72.4 Å². The SMILES string of the molecule is O=C(O)Cc1c2c(n3ccccc13)C[C@H](n1nncc1C(c1ccc(F)cc1)c1ccc(F)cc1)CC2. The van der Waals surface area contributed by atoms with Gasteiger partial charge in [0.1, 0.15) is 11.6 Å². The van der Waals surface area contributed by atoms with Crippen LogP contribution in [0, 0.1) is 11.6 Å². The van der Waals surface area contributed by atoms with Gasteiger partial charge in [-0.2, -0.15) is 0 Å². The second-order valence-electron chi connectivity index (χ2n) is 9.47. The van der Waals surface area contributed by atoms with Gasteiger partial charge in [-0.05, 0) is 71.5 Å². The van der Waals surface area contributed by atoms with Gasteiger partial charge in [-0.3, -0.25) is 4.79 Å². The lowest BCUT2D eigenvalue weighted by molar-refractivity contribution is -0.136. The Labute approximate surface area is 211 Å². The molecular formula is C29H24F2N4O2. The van der Waals surface area contributed by atoms with Crippen molar-refractivity contribution < 1.29 is 18.7 Å². The molecule has 1 aliphatic carbocycles. The average Bonchev–Trinajstić information content (AvgIpc) is 3.50. The summed E-state index contributed by atoms with van der Waals surface area (Å²) in [6.07, 6.45) is 5.84. The molecule has 2 aromatic carbocycles. The molecule has 37 heavy (non-hydrogen) atoms. The fourth-order valence-corrected chi connectivity index (χ4v) is 5.70. The minimum Gasteiger partial charge on any atom is -0.481 e. The molecule has 0 spiro atoms. The third-order valence-electron chi connectivity index (χ3n) is 7.31. The fourth-order valence-electron chi connectivity index (χ4n) is 5.70. The van der Waals surface area contributed by atoms with Gasteiger partial charge in [-0.15, -0.1) is 5.10 Å². The van der Waals surface area contributed by atoms with E-state index in [0.29, 0.717) is 6.42 Å². The highest BCUT2D eigenvalue weighted by Crippen LogP contribution is 2.38. The monoisotopic (exact) mass is 498 g/mol. The van der Waals surface area contributed by atoms with Crippen LogP contribution in [0.15, 0.2) is 79.1 Å². The number of pyridine rings is 1. The van der Waals surface area contributed by atoms with Gasteiger partial charge in [0.05, 0.1) is 30.3 Å². The van der Waals surface area contributed by atoms with Gasteiger partial charge in [0.25, 0.3) is 0 Å². The van der Waals surface area contributed by atoms with Crippen molar-refractivity contribution >= 4 is 11.5 Å². The maximum absolute atomic E-state index is 13.7. The number of rotatable bonds is 6. The van der Waals surface area contributed by atoms with Gasteiger partial charge >= 0.3 is 5.97 Å². The zero-order valence-corrected chi connectivity index (χ0v) is 19.9. The summed E-state index contributed by atoms with van der Waals surface area (Å²) in [5.41, 5.74) is 6.51. The first kappa shape index (κ1) is 23.1. The first-order valence-corrected chi connectivity index (χ1v) is 12.2. The van der Waals surface area contributed by atoms with E-state index in [4.69, 9.17) is 0 Å². The number of aliphatic carboxylic acids is 1. The van der Waals surface area contributed by atoms with E-state index >= 15 is 0 Å². The van der Waals surface area contributed by atoms with E-state index in [1.807, 2.05) is 29.1 Å². The van der Waals surface area contributed by atoms with Crippen molar-refractivity contribution in [3.05, 3.63) is 124 Å². The number of carboxylic acid groups (broad SMARTS) is 1. The molecule has 5 aromatic rings. The predicted octanol–water partition coefficient (Wildman–Crippen LogP) is 5.35. The van der Waals surface area contributed by atoms with Gasteiger partial charge in [-0.1, -0.05) is 35.5 Å². The van der Waals surface area contributed by atoms with Crippen molar-refractivity contribution in [2.24, 2.45) is 0 Å². The van der Waals surface area contributed by atoms with Crippen LogP contribution in [0.5, 0.6) is 0 Å². The maximum Gasteiger partial charge on any atom is 0.307 e. The van der Waals surface area contributed by atoms with Crippen molar-refractivity contribution in [2.75, 3.05) is 0 Å². The fraction of sp³-hybridized carbons (Fsp3) is 0.207. The number of benzene rings is 2. The molecule has 3 aromatic heterocycles. The molecule has 0 saturated heterocycles. The molecule has 1 aliphatic rings. The molecule has 1 atom stereocenters. The number of aromatic nitrogens is 4. The second-order valence-corrected chi connectivity index (χ2v) is 9.47.